The summed E-state index contributed by atoms with van der Waals surface area (Å²) in [7, 11) is 0. The van der Waals surface area contributed by atoms with Crippen LogP contribution in [0.1, 0.15) is 24.3 Å². The van der Waals surface area contributed by atoms with Crippen LogP contribution in [0, 0.1) is 0 Å². The predicted molar refractivity (Wildman–Crippen MR) is 65.5 cm³/mol. The van der Waals surface area contributed by atoms with Gasteiger partial charge < -0.3 is 10.4 Å². The number of rotatable bonds is 5. The molecule has 4 heteroatoms. The van der Waals surface area contributed by atoms with Crippen LogP contribution in [0.4, 0.5) is 0 Å². The number of benzene rings is 1. The Kier molecular flexibility index (Phi) is 3.61. The minimum atomic E-state index is -0.772. The lowest BCUT2D eigenvalue weighted by molar-refractivity contribution is -0.138. The van der Waals surface area contributed by atoms with Crippen LogP contribution < -0.4 is 5.32 Å². The Morgan fingerprint density at radius 2 is 2.31 bits per heavy atom. The highest BCUT2D eigenvalue weighted by Gasteiger charge is 2.25. The summed E-state index contributed by atoms with van der Waals surface area (Å²) in [5.74, 6) is -1.23. The van der Waals surface area contributed by atoms with E-state index in [0.717, 1.165) is 10.0 Å². The Hall–Kier alpha value is -0.870. The van der Waals surface area contributed by atoms with Gasteiger partial charge >= 0.3 is 5.97 Å². The Bertz CT molecular complexity index is 390. The van der Waals surface area contributed by atoms with Crippen LogP contribution in [0.25, 0.3) is 0 Å². The van der Waals surface area contributed by atoms with Crippen molar-refractivity contribution in [3.8, 4) is 0 Å². The van der Waals surface area contributed by atoms with Crippen molar-refractivity contribution in [3.63, 3.8) is 0 Å². The maximum atomic E-state index is 11.2. The van der Waals surface area contributed by atoms with Gasteiger partial charge in [0, 0.05) is 17.1 Å². The topological polar surface area (TPSA) is 49.3 Å². The lowest BCUT2D eigenvalue weighted by Gasteiger charge is -2.13. The fourth-order valence-electron chi connectivity index (χ4n) is 1.64. The van der Waals surface area contributed by atoms with Crippen molar-refractivity contribution in [2.24, 2.45) is 0 Å². The summed E-state index contributed by atoms with van der Waals surface area (Å²) >= 11 is 3.36. The zero-order valence-corrected chi connectivity index (χ0v) is 10.4. The van der Waals surface area contributed by atoms with E-state index in [0.29, 0.717) is 12.6 Å². The van der Waals surface area contributed by atoms with Gasteiger partial charge in [0.05, 0.1) is 5.92 Å². The number of carbonyl (C=O) groups is 1. The standard InChI is InChI=1S/C12H14BrNO2/c13-9-3-1-2-8(6-9)11(12(15)16)7-14-10-4-5-10/h1-3,6,10-11,14H,4-5,7H2,(H,15,16). The molecule has 0 bridgehead atoms. The van der Waals surface area contributed by atoms with E-state index in [1.54, 1.807) is 0 Å². The van der Waals surface area contributed by atoms with Gasteiger partial charge in [-0.1, -0.05) is 28.1 Å². The van der Waals surface area contributed by atoms with Crippen molar-refractivity contribution in [2.45, 2.75) is 24.8 Å². The quantitative estimate of drug-likeness (QED) is 0.872. The highest BCUT2D eigenvalue weighted by atomic mass is 79.9. The fraction of sp³-hybridized carbons (Fsp3) is 0.417. The molecular formula is C12H14BrNO2. The van der Waals surface area contributed by atoms with Crippen LogP contribution >= 0.6 is 15.9 Å². The Balaban J connectivity index is 2.07. The normalized spacial score (nSPS) is 17.1. The first-order valence-corrected chi connectivity index (χ1v) is 6.18. The van der Waals surface area contributed by atoms with Gasteiger partial charge in [-0.3, -0.25) is 4.79 Å². The highest BCUT2D eigenvalue weighted by molar-refractivity contribution is 9.10. The molecule has 1 aliphatic carbocycles. The number of nitrogens with one attached hydrogen (secondary N) is 1. The Labute approximate surface area is 103 Å². The first-order valence-electron chi connectivity index (χ1n) is 5.38. The van der Waals surface area contributed by atoms with E-state index >= 15 is 0 Å². The third-order valence-electron chi connectivity index (χ3n) is 2.74. The van der Waals surface area contributed by atoms with Gasteiger partial charge in [0.1, 0.15) is 0 Å². The minimum absolute atomic E-state index is 0.460. The molecule has 1 aromatic rings. The zero-order valence-electron chi connectivity index (χ0n) is 8.82. The molecule has 0 radical (unpaired) electrons. The van der Waals surface area contributed by atoms with Gasteiger partial charge in [0.25, 0.3) is 0 Å². The summed E-state index contributed by atoms with van der Waals surface area (Å²) in [4.78, 5) is 11.2. The highest BCUT2D eigenvalue weighted by Crippen LogP contribution is 2.23. The SMILES string of the molecule is O=C(O)C(CNC1CC1)c1cccc(Br)c1. The van der Waals surface area contributed by atoms with Crippen LogP contribution in [0.15, 0.2) is 28.7 Å². The summed E-state index contributed by atoms with van der Waals surface area (Å²) in [5.41, 5.74) is 0.843. The van der Waals surface area contributed by atoms with E-state index in [-0.39, 0.29) is 0 Å². The maximum absolute atomic E-state index is 11.2. The van der Waals surface area contributed by atoms with Gasteiger partial charge in [-0.2, -0.15) is 0 Å². The molecule has 1 unspecified atom stereocenters. The third-order valence-corrected chi connectivity index (χ3v) is 3.23. The van der Waals surface area contributed by atoms with Gasteiger partial charge in [0.15, 0.2) is 0 Å². The second-order valence-corrected chi connectivity index (χ2v) is 5.04. The molecule has 0 heterocycles. The molecule has 1 aromatic carbocycles. The van der Waals surface area contributed by atoms with E-state index in [4.69, 9.17) is 0 Å². The molecule has 0 saturated heterocycles. The summed E-state index contributed by atoms with van der Waals surface area (Å²) in [6.07, 6.45) is 2.34. The molecule has 16 heavy (non-hydrogen) atoms. The number of carboxylic acid groups (broad SMARTS) is 1. The molecule has 0 aromatic heterocycles. The Morgan fingerprint density at radius 1 is 1.56 bits per heavy atom. The molecule has 2 N–H and O–H groups in total. The number of hydrogen-bond acceptors (Lipinski definition) is 2. The van der Waals surface area contributed by atoms with Crippen LogP contribution in [0.2, 0.25) is 0 Å². The molecule has 3 nitrogen and oxygen atoms in total. The fourth-order valence-corrected chi connectivity index (χ4v) is 2.06. The molecule has 2 rings (SSSR count). The summed E-state index contributed by atoms with van der Waals surface area (Å²) in [6.45, 7) is 0.510. The lowest BCUT2D eigenvalue weighted by Crippen LogP contribution is -2.28. The number of hydrogen-bond donors (Lipinski definition) is 2. The smallest absolute Gasteiger partial charge is 0.312 e. The molecule has 0 aliphatic heterocycles. The average molecular weight is 284 g/mol. The largest absolute Gasteiger partial charge is 0.481 e. The number of carboxylic acids is 1. The van der Waals surface area contributed by atoms with Crippen LogP contribution in [0.3, 0.4) is 0 Å². The van der Waals surface area contributed by atoms with Crippen molar-refractivity contribution < 1.29 is 9.90 Å². The van der Waals surface area contributed by atoms with Crippen LogP contribution in [0.5, 0.6) is 0 Å². The second-order valence-electron chi connectivity index (χ2n) is 4.13. The van der Waals surface area contributed by atoms with E-state index in [1.807, 2.05) is 24.3 Å². The average Bonchev–Trinajstić information content (AvgIpc) is 3.01. The molecule has 1 aliphatic rings. The van der Waals surface area contributed by atoms with Crippen molar-refractivity contribution in [2.75, 3.05) is 6.54 Å². The lowest BCUT2D eigenvalue weighted by atomic mass is 9.99. The molecule has 1 fully saturated rings. The zero-order chi connectivity index (χ0) is 11.5. The van der Waals surface area contributed by atoms with Gasteiger partial charge in [-0.15, -0.1) is 0 Å². The van der Waals surface area contributed by atoms with Crippen LogP contribution in [-0.4, -0.2) is 23.7 Å². The van der Waals surface area contributed by atoms with Crippen molar-refractivity contribution in [1.82, 2.24) is 5.32 Å². The Morgan fingerprint density at radius 3 is 2.88 bits per heavy atom. The molecule has 1 saturated carbocycles. The van der Waals surface area contributed by atoms with Crippen LogP contribution in [-0.2, 0) is 4.79 Å². The summed E-state index contributed by atoms with van der Waals surface area (Å²) < 4.78 is 0.919. The second kappa shape index (κ2) is 4.97. The molecular weight excluding hydrogens is 270 g/mol. The van der Waals surface area contributed by atoms with Crippen molar-refractivity contribution in [1.29, 1.82) is 0 Å². The first-order chi connectivity index (χ1) is 7.66. The minimum Gasteiger partial charge on any atom is -0.481 e. The van der Waals surface area contributed by atoms with E-state index < -0.39 is 11.9 Å². The van der Waals surface area contributed by atoms with Gasteiger partial charge in [0.2, 0.25) is 0 Å². The third kappa shape index (κ3) is 3.06. The maximum Gasteiger partial charge on any atom is 0.312 e. The molecule has 0 spiro atoms. The van der Waals surface area contributed by atoms with Gasteiger partial charge in [-0.25, -0.2) is 0 Å². The van der Waals surface area contributed by atoms with E-state index in [1.165, 1.54) is 12.8 Å². The van der Waals surface area contributed by atoms with Crippen molar-refractivity contribution in [3.05, 3.63) is 34.3 Å². The summed E-state index contributed by atoms with van der Waals surface area (Å²) in [6, 6.07) is 8.03. The monoisotopic (exact) mass is 283 g/mol. The molecule has 86 valence electrons. The molecule has 1 atom stereocenters. The van der Waals surface area contributed by atoms with E-state index in [2.05, 4.69) is 21.2 Å². The van der Waals surface area contributed by atoms with Crippen molar-refractivity contribution >= 4 is 21.9 Å². The predicted octanol–water partition coefficient (Wildman–Crippen LogP) is 2.37. The first kappa shape index (κ1) is 11.6. The molecule has 0 amide bonds. The summed E-state index contributed by atoms with van der Waals surface area (Å²) in [5, 5.41) is 12.5. The van der Waals surface area contributed by atoms with E-state index in [9.17, 15) is 9.90 Å². The number of aliphatic carboxylic acids is 1. The number of halogens is 1. The van der Waals surface area contributed by atoms with Gasteiger partial charge in [-0.05, 0) is 30.5 Å².